The fourth-order valence-electron chi connectivity index (χ4n) is 2.40. The molecule has 1 amide bonds. The fourth-order valence-corrected chi connectivity index (χ4v) is 2.75. The Morgan fingerprint density at radius 1 is 1.04 bits per heavy atom. The van der Waals surface area contributed by atoms with Gasteiger partial charge < -0.3 is 10.6 Å². The van der Waals surface area contributed by atoms with Crippen LogP contribution in [0.5, 0.6) is 0 Å². The summed E-state index contributed by atoms with van der Waals surface area (Å²) in [6.07, 6.45) is 2.40. The molecule has 1 aromatic heterocycles. The molecule has 0 fully saturated rings. The number of rotatable bonds is 5. The number of halogens is 2. The maximum Gasteiger partial charge on any atom is 0.274 e. The third-order valence-electron chi connectivity index (χ3n) is 3.73. The lowest BCUT2D eigenvalue weighted by Gasteiger charge is -2.11. The number of aryl methyl sites for hydroxylation is 1. The van der Waals surface area contributed by atoms with Gasteiger partial charge in [-0.3, -0.25) is 4.79 Å². The molecule has 0 saturated carbocycles. The molecule has 0 radical (unpaired) electrons. The molecule has 0 spiro atoms. The lowest BCUT2D eigenvalue weighted by molar-refractivity contribution is 0.102. The van der Waals surface area contributed by atoms with Crippen LogP contribution in [0.2, 0.25) is 10.0 Å². The van der Waals surface area contributed by atoms with Crippen molar-refractivity contribution >= 4 is 46.4 Å². The molecule has 0 aliphatic carbocycles. The highest BCUT2D eigenvalue weighted by Crippen LogP contribution is 2.29. The molecule has 2 N–H and O–H groups in total. The zero-order valence-electron chi connectivity index (χ0n) is 14.0. The van der Waals surface area contributed by atoms with Gasteiger partial charge in [0.25, 0.3) is 5.91 Å². The van der Waals surface area contributed by atoms with Crippen LogP contribution in [-0.2, 0) is 6.42 Å². The van der Waals surface area contributed by atoms with E-state index in [1.54, 1.807) is 18.2 Å². The summed E-state index contributed by atoms with van der Waals surface area (Å²) in [5.74, 6) is -0.0564. The Morgan fingerprint density at radius 3 is 2.62 bits per heavy atom. The molecule has 2 aromatic carbocycles. The SMILES string of the molecule is CCc1ccccc1Nc1nccc(C(=O)Nc2cccc(Cl)c2Cl)n1. The highest BCUT2D eigenvalue weighted by Gasteiger charge is 2.13. The minimum atomic E-state index is -0.400. The maximum absolute atomic E-state index is 12.5. The van der Waals surface area contributed by atoms with E-state index in [9.17, 15) is 4.79 Å². The molecular weight excluding hydrogens is 371 g/mol. The summed E-state index contributed by atoms with van der Waals surface area (Å²) in [6, 6.07) is 14.4. The van der Waals surface area contributed by atoms with Crippen molar-refractivity contribution in [2.24, 2.45) is 0 Å². The third kappa shape index (κ3) is 4.12. The van der Waals surface area contributed by atoms with Crippen molar-refractivity contribution < 1.29 is 4.79 Å². The largest absolute Gasteiger partial charge is 0.324 e. The summed E-state index contributed by atoms with van der Waals surface area (Å²) in [5.41, 5.74) is 2.68. The van der Waals surface area contributed by atoms with Gasteiger partial charge in [0.2, 0.25) is 5.95 Å². The number of carbonyl (C=O) groups excluding carboxylic acids is 1. The molecule has 1 heterocycles. The average molecular weight is 387 g/mol. The lowest BCUT2D eigenvalue weighted by Crippen LogP contribution is -2.15. The first-order valence-electron chi connectivity index (χ1n) is 8.02. The highest BCUT2D eigenvalue weighted by molar-refractivity contribution is 6.44. The Kier molecular flexibility index (Phi) is 5.71. The second-order valence-electron chi connectivity index (χ2n) is 5.46. The fraction of sp³-hybridized carbons (Fsp3) is 0.105. The van der Waals surface area contributed by atoms with Crippen molar-refractivity contribution in [3.8, 4) is 0 Å². The maximum atomic E-state index is 12.5. The van der Waals surface area contributed by atoms with Gasteiger partial charge in [-0.05, 0) is 36.2 Å². The van der Waals surface area contributed by atoms with Crippen LogP contribution in [0.4, 0.5) is 17.3 Å². The first-order chi connectivity index (χ1) is 12.6. The van der Waals surface area contributed by atoms with E-state index < -0.39 is 5.91 Å². The van der Waals surface area contributed by atoms with E-state index in [4.69, 9.17) is 23.2 Å². The van der Waals surface area contributed by atoms with Crippen LogP contribution in [0, 0.1) is 0 Å². The highest BCUT2D eigenvalue weighted by atomic mass is 35.5. The number of aromatic nitrogens is 2. The van der Waals surface area contributed by atoms with Crippen LogP contribution in [-0.4, -0.2) is 15.9 Å². The quantitative estimate of drug-likeness (QED) is 0.620. The van der Waals surface area contributed by atoms with E-state index in [2.05, 4.69) is 27.5 Å². The molecule has 0 atom stereocenters. The van der Waals surface area contributed by atoms with Crippen molar-refractivity contribution in [2.45, 2.75) is 13.3 Å². The van der Waals surface area contributed by atoms with Crippen LogP contribution in [0.25, 0.3) is 0 Å². The molecule has 0 bridgehead atoms. The number of nitrogens with one attached hydrogen (secondary N) is 2. The van der Waals surface area contributed by atoms with Crippen LogP contribution >= 0.6 is 23.2 Å². The van der Waals surface area contributed by atoms with Crippen molar-refractivity contribution in [3.63, 3.8) is 0 Å². The number of carbonyl (C=O) groups is 1. The van der Waals surface area contributed by atoms with E-state index in [1.165, 1.54) is 12.3 Å². The zero-order valence-corrected chi connectivity index (χ0v) is 15.5. The minimum absolute atomic E-state index is 0.215. The normalized spacial score (nSPS) is 10.4. The molecule has 3 aromatic rings. The number of benzene rings is 2. The molecule has 0 aliphatic heterocycles. The Hall–Kier alpha value is -2.63. The Balaban J connectivity index is 1.80. The minimum Gasteiger partial charge on any atom is -0.324 e. The molecule has 5 nitrogen and oxygen atoms in total. The summed E-state index contributed by atoms with van der Waals surface area (Å²) >= 11 is 12.1. The van der Waals surface area contributed by atoms with E-state index in [0.29, 0.717) is 16.7 Å². The summed E-state index contributed by atoms with van der Waals surface area (Å²) in [7, 11) is 0. The second kappa shape index (κ2) is 8.17. The number of amides is 1. The van der Waals surface area contributed by atoms with E-state index in [-0.39, 0.29) is 10.7 Å². The Bertz CT molecular complexity index is 946. The van der Waals surface area contributed by atoms with Gasteiger partial charge in [-0.1, -0.05) is 54.4 Å². The summed E-state index contributed by atoms with van der Waals surface area (Å²) < 4.78 is 0. The van der Waals surface area contributed by atoms with Gasteiger partial charge in [0, 0.05) is 11.9 Å². The average Bonchev–Trinajstić information content (AvgIpc) is 2.66. The number of hydrogen-bond acceptors (Lipinski definition) is 4. The van der Waals surface area contributed by atoms with Gasteiger partial charge in [-0.2, -0.15) is 0 Å². The van der Waals surface area contributed by atoms with E-state index >= 15 is 0 Å². The molecule has 0 unspecified atom stereocenters. The topological polar surface area (TPSA) is 66.9 Å². The first kappa shape index (κ1) is 18.2. The number of anilines is 3. The smallest absolute Gasteiger partial charge is 0.274 e. The third-order valence-corrected chi connectivity index (χ3v) is 4.55. The molecule has 3 rings (SSSR count). The van der Waals surface area contributed by atoms with Gasteiger partial charge in [-0.15, -0.1) is 0 Å². The molecule has 0 aliphatic rings. The predicted molar refractivity (Wildman–Crippen MR) is 106 cm³/mol. The van der Waals surface area contributed by atoms with Gasteiger partial charge in [-0.25, -0.2) is 9.97 Å². The second-order valence-corrected chi connectivity index (χ2v) is 6.24. The first-order valence-corrected chi connectivity index (χ1v) is 8.77. The Labute approximate surface area is 161 Å². The van der Waals surface area contributed by atoms with Crippen molar-refractivity contribution in [2.75, 3.05) is 10.6 Å². The summed E-state index contributed by atoms with van der Waals surface area (Å²) in [4.78, 5) is 20.9. The van der Waals surface area contributed by atoms with Crippen molar-refractivity contribution in [3.05, 3.63) is 76.0 Å². The zero-order chi connectivity index (χ0) is 18.5. The molecule has 26 heavy (non-hydrogen) atoms. The molecular formula is C19H16Cl2N4O. The van der Waals surface area contributed by atoms with Crippen molar-refractivity contribution in [1.82, 2.24) is 9.97 Å². The monoisotopic (exact) mass is 386 g/mol. The number of nitrogens with zero attached hydrogens (tertiary/aromatic N) is 2. The van der Waals surface area contributed by atoms with Crippen molar-refractivity contribution in [1.29, 1.82) is 0 Å². The van der Waals surface area contributed by atoms with Crippen LogP contribution in [0.1, 0.15) is 23.0 Å². The van der Waals surface area contributed by atoms with Crippen LogP contribution in [0.15, 0.2) is 54.7 Å². The van der Waals surface area contributed by atoms with E-state index in [1.807, 2.05) is 24.3 Å². The molecule has 7 heteroatoms. The molecule has 132 valence electrons. The van der Waals surface area contributed by atoms with Gasteiger partial charge in [0.05, 0.1) is 15.7 Å². The molecule has 0 saturated heterocycles. The summed E-state index contributed by atoms with van der Waals surface area (Å²) in [5, 5.41) is 6.51. The van der Waals surface area contributed by atoms with Gasteiger partial charge in [0.15, 0.2) is 0 Å². The Morgan fingerprint density at radius 2 is 1.81 bits per heavy atom. The van der Waals surface area contributed by atoms with Gasteiger partial charge >= 0.3 is 0 Å². The van der Waals surface area contributed by atoms with Gasteiger partial charge in [0.1, 0.15) is 5.69 Å². The lowest BCUT2D eigenvalue weighted by atomic mass is 10.1. The predicted octanol–water partition coefficient (Wildman–Crippen LogP) is 5.34. The van der Waals surface area contributed by atoms with Crippen LogP contribution < -0.4 is 10.6 Å². The summed E-state index contributed by atoms with van der Waals surface area (Å²) in [6.45, 7) is 2.07. The number of hydrogen-bond donors (Lipinski definition) is 2. The van der Waals surface area contributed by atoms with E-state index in [0.717, 1.165) is 17.7 Å². The van der Waals surface area contributed by atoms with Crippen LogP contribution in [0.3, 0.4) is 0 Å². The standard InChI is InChI=1S/C19H16Cl2N4O/c1-2-12-6-3-4-8-14(12)24-19-22-11-10-16(25-19)18(26)23-15-9-5-7-13(20)17(15)21/h3-11H,2H2,1H3,(H,23,26)(H,22,24,25). The number of para-hydroxylation sites is 1.